The zero-order valence-corrected chi connectivity index (χ0v) is 11.1. The van der Waals surface area contributed by atoms with E-state index in [1.807, 2.05) is 11.8 Å². The highest BCUT2D eigenvalue weighted by Crippen LogP contribution is 2.29. The minimum absolute atomic E-state index is 0.0439. The molecule has 0 fully saturated rings. The third kappa shape index (κ3) is 4.83. The van der Waals surface area contributed by atoms with Gasteiger partial charge in [-0.3, -0.25) is 10.1 Å². The number of nitro benzene ring substituents is 1. The van der Waals surface area contributed by atoms with Gasteiger partial charge in [0.05, 0.1) is 11.5 Å². The van der Waals surface area contributed by atoms with Crippen molar-refractivity contribution in [1.29, 1.82) is 0 Å². The third-order valence-electron chi connectivity index (χ3n) is 2.01. The molecule has 0 bridgehead atoms. The Morgan fingerprint density at radius 3 is 2.94 bits per heavy atom. The van der Waals surface area contributed by atoms with Gasteiger partial charge in [-0.15, -0.1) is 0 Å². The van der Waals surface area contributed by atoms with Gasteiger partial charge in [0.1, 0.15) is 0 Å². The van der Waals surface area contributed by atoms with Crippen molar-refractivity contribution in [3.8, 4) is 5.75 Å². The van der Waals surface area contributed by atoms with Crippen molar-refractivity contribution in [2.45, 2.75) is 13.3 Å². The molecule has 0 heterocycles. The van der Waals surface area contributed by atoms with Crippen LogP contribution in [-0.2, 0) is 0 Å². The third-order valence-corrected chi connectivity index (χ3v) is 3.23. The van der Waals surface area contributed by atoms with Crippen molar-refractivity contribution in [2.24, 2.45) is 0 Å². The fourth-order valence-corrected chi connectivity index (χ4v) is 2.01. The van der Waals surface area contributed by atoms with Gasteiger partial charge in [-0.05, 0) is 24.0 Å². The van der Waals surface area contributed by atoms with Crippen molar-refractivity contribution < 1.29 is 9.66 Å². The molecule has 0 aliphatic carbocycles. The van der Waals surface area contributed by atoms with Crippen molar-refractivity contribution in [1.82, 2.24) is 0 Å². The van der Waals surface area contributed by atoms with Gasteiger partial charge in [-0.2, -0.15) is 11.8 Å². The van der Waals surface area contributed by atoms with Gasteiger partial charge in [0.25, 0.3) is 0 Å². The van der Waals surface area contributed by atoms with Crippen LogP contribution >= 0.6 is 23.4 Å². The smallest absolute Gasteiger partial charge is 0.311 e. The number of thioether (sulfide) groups is 1. The van der Waals surface area contributed by atoms with E-state index in [1.165, 1.54) is 18.2 Å². The number of hydrogen-bond acceptors (Lipinski definition) is 4. The normalized spacial score (nSPS) is 10.2. The lowest BCUT2D eigenvalue weighted by Gasteiger charge is -2.06. The summed E-state index contributed by atoms with van der Waals surface area (Å²) in [5.74, 6) is 2.30. The van der Waals surface area contributed by atoms with Crippen molar-refractivity contribution in [2.75, 3.05) is 18.1 Å². The number of rotatable bonds is 7. The Balaban J connectivity index is 2.56. The largest absolute Gasteiger partial charge is 0.487 e. The van der Waals surface area contributed by atoms with Gasteiger partial charge < -0.3 is 4.74 Å². The summed E-state index contributed by atoms with van der Waals surface area (Å²) >= 11 is 7.59. The van der Waals surface area contributed by atoms with Gasteiger partial charge in [0.2, 0.25) is 0 Å². The minimum Gasteiger partial charge on any atom is -0.487 e. The lowest BCUT2D eigenvalue weighted by Crippen LogP contribution is -2.01. The summed E-state index contributed by atoms with van der Waals surface area (Å²) in [4.78, 5) is 10.3. The molecule has 0 aromatic heterocycles. The Morgan fingerprint density at radius 2 is 2.29 bits per heavy atom. The van der Waals surface area contributed by atoms with E-state index in [0.717, 1.165) is 17.9 Å². The topological polar surface area (TPSA) is 52.4 Å². The molecular formula is C11H14ClNO3S. The number of benzene rings is 1. The molecule has 0 saturated carbocycles. The van der Waals surface area contributed by atoms with Crippen molar-refractivity contribution >= 4 is 29.1 Å². The first-order valence-electron chi connectivity index (χ1n) is 5.29. The van der Waals surface area contributed by atoms with Gasteiger partial charge in [-0.1, -0.05) is 18.5 Å². The van der Waals surface area contributed by atoms with E-state index < -0.39 is 4.92 Å². The average Bonchev–Trinajstić information content (AvgIpc) is 2.28. The van der Waals surface area contributed by atoms with Crippen LogP contribution in [-0.4, -0.2) is 23.0 Å². The second-order valence-corrected chi connectivity index (χ2v) is 5.10. The van der Waals surface area contributed by atoms with E-state index in [9.17, 15) is 10.1 Å². The Labute approximate surface area is 109 Å². The van der Waals surface area contributed by atoms with Crippen LogP contribution in [0.5, 0.6) is 5.75 Å². The SMILES string of the molecule is CCSCCCOc1cc(Cl)ccc1[N+](=O)[O-]. The Bertz CT molecular complexity index is 387. The molecule has 0 aliphatic heterocycles. The average molecular weight is 276 g/mol. The Kier molecular flexibility index (Phi) is 6.15. The lowest BCUT2D eigenvalue weighted by atomic mass is 10.3. The first-order valence-corrected chi connectivity index (χ1v) is 6.83. The molecule has 0 aliphatic rings. The van der Waals surface area contributed by atoms with Crippen molar-refractivity contribution in [3.05, 3.63) is 33.3 Å². The zero-order chi connectivity index (χ0) is 12.7. The van der Waals surface area contributed by atoms with E-state index in [4.69, 9.17) is 16.3 Å². The summed E-state index contributed by atoms with van der Waals surface area (Å²) in [6, 6.07) is 4.32. The maximum absolute atomic E-state index is 10.7. The highest BCUT2D eigenvalue weighted by atomic mass is 35.5. The highest BCUT2D eigenvalue weighted by molar-refractivity contribution is 7.99. The van der Waals surface area contributed by atoms with E-state index in [0.29, 0.717) is 11.6 Å². The molecule has 4 nitrogen and oxygen atoms in total. The van der Waals surface area contributed by atoms with Crippen LogP contribution in [0.3, 0.4) is 0 Å². The van der Waals surface area contributed by atoms with Crippen LogP contribution in [0.15, 0.2) is 18.2 Å². The second-order valence-electron chi connectivity index (χ2n) is 3.27. The molecule has 1 aromatic rings. The molecule has 6 heteroatoms. The van der Waals surface area contributed by atoms with Crippen LogP contribution in [0.25, 0.3) is 0 Å². The van der Waals surface area contributed by atoms with E-state index >= 15 is 0 Å². The summed E-state index contributed by atoms with van der Waals surface area (Å²) in [5.41, 5.74) is -0.0439. The first-order chi connectivity index (χ1) is 8.15. The number of hydrogen-bond donors (Lipinski definition) is 0. The molecule has 0 saturated heterocycles. The fourth-order valence-electron chi connectivity index (χ4n) is 1.24. The molecule has 1 aromatic carbocycles. The predicted molar refractivity (Wildman–Crippen MR) is 71.2 cm³/mol. The summed E-state index contributed by atoms with van der Waals surface area (Å²) in [5, 5.41) is 11.2. The highest BCUT2D eigenvalue weighted by Gasteiger charge is 2.14. The first kappa shape index (κ1) is 14.1. The zero-order valence-electron chi connectivity index (χ0n) is 9.52. The monoisotopic (exact) mass is 275 g/mol. The molecule has 0 spiro atoms. The Morgan fingerprint density at radius 1 is 1.53 bits per heavy atom. The molecule has 0 radical (unpaired) electrons. The molecule has 0 atom stereocenters. The molecular weight excluding hydrogens is 262 g/mol. The van der Waals surface area contributed by atoms with Crippen LogP contribution in [0.4, 0.5) is 5.69 Å². The van der Waals surface area contributed by atoms with Crippen molar-refractivity contribution in [3.63, 3.8) is 0 Å². The van der Waals surface area contributed by atoms with E-state index in [2.05, 4.69) is 6.92 Å². The molecule has 0 amide bonds. The van der Waals surface area contributed by atoms with Gasteiger partial charge >= 0.3 is 5.69 Å². The van der Waals surface area contributed by atoms with Crippen LogP contribution in [0, 0.1) is 10.1 Å². The molecule has 0 unspecified atom stereocenters. The lowest BCUT2D eigenvalue weighted by molar-refractivity contribution is -0.385. The van der Waals surface area contributed by atoms with E-state index in [1.54, 1.807) is 0 Å². The fraction of sp³-hybridized carbons (Fsp3) is 0.455. The summed E-state index contributed by atoms with van der Waals surface area (Å²) in [6.07, 6.45) is 0.863. The standard InChI is InChI=1S/C11H14ClNO3S/c1-2-17-7-3-6-16-11-8-9(12)4-5-10(11)13(14)15/h4-5,8H,2-3,6-7H2,1H3. The minimum atomic E-state index is -0.466. The number of nitro groups is 1. The van der Waals surface area contributed by atoms with Gasteiger partial charge in [0.15, 0.2) is 5.75 Å². The number of ether oxygens (including phenoxy) is 1. The quantitative estimate of drug-likeness (QED) is 0.432. The van der Waals surface area contributed by atoms with Crippen LogP contribution in [0.1, 0.15) is 13.3 Å². The maximum atomic E-state index is 10.7. The second kappa shape index (κ2) is 7.40. The van der Waals surface area contributed by atoms with Crippen LogP contribution in [0.2, 0.25) is 5.02 Å². The summed E-state index contributed by atoms with van der Waals surface area (Å²) in [6.45, 7) is 2.56. The predicted octanol–water partition coefficient (Wildman–Crippen LogP) is 3.77. The number of nitrogens with zero attached hydrogens (tertiary/aromatic N) is 1. The van der Waals surface area contributed by atoms with Gasteiger partial charge in [0, 0.05) is 17.2 Å². The number of halogens is 1. The van der Waals surface area contributed by atoms with Crippen LogP contribution < -0.4 is 4.74 Å². The Hall–Kier alpha value is -0.940. The summed E-state index contributed by atoms with van der Waals surface area (Å²) in [7, 11) is 0. The molecule has 0 N–H and O–H groups in total. The van der Waals surface area contributed by atoms with Gasteiger partial charge in [-0.25, -0.2) is 0 Å². The molecule has 94 valence electrons. The molecule has 17 heavy (non-hydrogen) atoms. The summed E-state index contributed by atoms with van der Waals surface area (Å²) < 4.78 is 5.39. The van der Waals surface area contributed by atoms with E-state index in [-0.39, 0.29) is 11.4 Å². The maximum Gasteiger partial charge on any atom is 0.311 e. The molecule has 1 rings (SSSR count).